The molecule has 7 heteroatoms. The van der Waals surface area contributed by atoms with Gasteiger partial charge in [-0.3, -0.25) is 4.79 Å². The highest BCUT2D eigenvalue weighted by molar-refractivity contribution is 9.09. The Morgan fingerprint density at radius 3 is 2.35 bits per heavy atom. The largest absolute Gasteiger partial charge is 0.326 e. The first-order chi connectivity index (χ1) is 9.39. The van der Waals surface area contributed by atoms with Crippen LogP contribution in [-0.4, -0.2) is 25.7 Å². The summed E-state index contributed by atoms with van der Waals surface area (Å²) in [5, 5.41) is 3.34. The third-order valence-electron chi connectivity index (χ3n) is 2.76. The molecule has 1 aromatic carbocycles. The summed E-state index contributed by atoms with van der Waals surface area (Å²) in [4.78, 5) is 11.1. The lowest BCUT2D eigenvalue weighted by atomic mass is 10.2. The zero-order chi connectivity index (χ0) is 15.2. The average molecular weight is 363 g/mol. The van der Waals surface area contributed by atoms with Crippen LogP contribution < -0.4 is 10.0 Å². The van der Waals surface area contributed by atoms with Gasteiger partial charge in [0.1, 0.15) is 0 Å². The van der Waals surface area contributed by atoms with Gasteiger partial charge >= 0.3 is 0 Å². The molecule has 1 atom stereocenters. The lowest BCUT2D eigenvalue weighted by Gasteiger charge is -2.16. The van der Waals surface area contributed by atoms with Crippen LogP contribution in [0.1, 0.15) is 26.7 Å². The van der Waals surface area contributed by atoms with Crippen LogP contribution in [0.25, 0.3) is 0 Å². The molecule has 1 rings (SSSR count). The van der Waals surface area contributed by atoms with Crippen LogP contribution in [-0.2, 0) is 14.8 Å². The zero-order valence-corrected chi connectivity index (χ0v) is 13.9. The van der Waals surface area contributed by atoms with Crippen molar-refractivity contribution in [3.05, 3.63) is 24.3 Å². The molecule has 0 fully saturated rings. The van der Waals surface area contributed by atoms with E-state index in [1.807, 2.05) is 6.92 Å². The fourth-order valence-electron chi connectivity index (χ4n) is 1.69. The summed E-state index contributed by atoms with van der Waals surface area (Å²) >= 11 is 3.31. The maximum atomic E-state index is 12.2. The maximum Gasteiger partial charge on any atom is 0.240 e. The molecule has 1 aromatic rings. The van der Waals surface area contributed by atoms with Crippen LogP contribution in [0.3, 0.4) is 0 Å². The second-order valence-corrected chi connectivity index (χ2v) is 6.92. The molecule has 0 aliphatic carbocycles. The van der Waals surface area contributed by atoms with E-state index in [-0.39, 0.29) is 16.8 Å². The molecule has 112 valence electrons. The number of benzene rings is 1. The maximum absolute atomic E-state index is 12.2. The molecular formula is C13H19BrN2O3S. The van der Waals surface area contributed by atoms with E-state index in [0.29, 0.717) is 5.69 Å². The summed E-state index contributed by atoms with van der Waals surface area (Å²) in [5.41, 5.74) is 0.573. The number of anilines is 1. The molecule has 2 N–H and O–H groups in total. The molecular weight excluding hydrogens is 344 g/mol. The van der Waals surface area contributed by atoms with Crippen molar-refractivity contribution in [2.24, 2.45) is 0 Å². The Balaban J connectivity index is 2.84. The van der Waals surface area contributed by atoms with Gasteiger partial charge in [0.15, 0.2) is 0 Å². The van der Waals surface area contributed by atoms with Gasteiger partial charge in [0, 0.05) is 24.0 Å². The van der Waals surface area contributed by atoms with Crippen molar-refractivity contribution in [1.29, 1.82) is 0 Å². The van der Waals surface area contributed by atoms with Gasteiger partial charge in [-0.25, -0.2) is 13.1 Å². The van der Waals surface area contributed by atoms with Crippen molar-refractivity contribution in [1.82, 2.24) is 4.72 Å². The van der Waals surface area contributed by atoms with E-state index in [9.17, 15) is 13.2 Å². The highest BCUT2D eigenvalue weighted by Gasteiger charge is 2.18. The standard InChI is InChI=1S/C13H19BrN2O3S/c1-3-11(8-9-14)16-20(18,19)13-6-4-12(5-7-13)15-10(2)17/h4-7,11,16H,3,8-9H2,1-2H3,(H,15,17). The monoisotopic (exact) mass is 362 g/mol. The van der Waals surface area contributed by atoms with Crippen LogP contribution in [0.4, 0.5) is 5.69 Å². The first-order valence-electron chi connectivity index (χ1n) is 6.35. The van der Waals surface area contributed by atoms with E-state index in [1.54, 1.807) is 12.1 Å². The van der Waals surface area contributed by atoms with E-state index >= 15 is 0 Å². The highest BCUT2D eigenvalue weighted by Crippen LogP contribution is 2.15. The molecule has 0 aliphatic heterocycles. The van der Waals surface area contributed by atoms with Crippen molar-refractivity contribution in [3.8, 4) is 0 Å². The smallest absolute Gasteiger partial charge is 0.240 e. The van der Waals surface area contributed by atoms with E-state index in [1.165, 1.54) is 19.1 Å². The first-order valence-corrected chi connectivity index (χ1v) is 8.95. The minimum Gasteiger partial charge on any atom is -0.326 e. The Morgan fingerprint density at radius 1 is 1.30 bits per heavy atom. The molecule has 0 aromatic heterocycles. The van der Waals surface area contributed by atoms with Crippen molar-refractivity contribution in [3.63, 3.8) is 0 Å². The van der Waals surface area contributed by atoms with E-state index in [4.69, 9.17) is 0 Å². The lowest BCUT2D eigenvalue weighted by Crippen LogP contribution is -2.34. The second-order valence-electron chi connectivity index (χ2n) is 4.41. The van der Waals surface area contributed by atoms with Crippen LogP contribution in [0.2, 0.25) is 0 Å². The summed E-state index contributed by atoms with van der Waals surface area (Å²) in [6.07, 6.45) is 1.47. The number of rotatable bonds is 7. The molecule has 1 amide bonds. The normalized spacial score (nSPS) is 12.9. The Bertz CT molecular complexity index is 543. The number of carbonyl (C=O) groups excluding carboxylic acids is 1. The van der Waals surface area contributed by atoms with Gasteiger partial charge in [-0.05, 0) is 37.1 Å². The lowest BCUT2D eigenvalue weighted by molar-refractivity contribution is -0.114. The van der Waals surface area contributed by atoms with Crippen molar-refractivity contribution >= 4 is 37.5 Å². The van der Waals surface area contributed by atoms with E-state index in [0.717, 1.165) is 18.2 Å². The van der Waals surface area contributed by atoms with Gasteiger partial charge in [0.2, 0.25) is 15.9 Å². The Kier molecular flexibility index (Phi) is 6.64. The number of carbonyl (C=O) groups is 1. The summed E-state index contributed by atoms with van der Waals surface area (Å²) in [7, 11) is -3.52. The van der Waals surface area contributed by atoms with Crippen molar-refractivity contribution < 1.29 is 13.2 Å². The summed E-state index contributed by atoms with van der Waals surface area (Å²) in [6, 6.07) is 6.01. The predicted octanol–water partition coefficient (Wildman–Crippen LogP) is 2.49. The summed E-state index contributed by atoms with van der Waals surface area (Å²) in [5.74, 6) is -0.193. The average Bonchev–Trinajstić information content (AvgIpc) is 2.38. The third kappa shape index (κ3) is 5.22. The molecule has 0 saturated carbocycles. The molecule has 0 spiro atoms. The third-order valence-corrected chi connectivity index (χ3v) is 4.75. The van der Waals surface area contributed by atoms with Gasteiger partial charge in [-0.2, -0.15) is 0 Å². The van der Waals surface area contributed by atoms with E-state index < -0.39 is 10.0 Å². The molecule has 0 aliphatic rings. The van der Waals surface area contributed by atoms with Gasteiger partial charge in [0.25, 0.3) is 0 Å². The van der Waals surface area contributed by atoms with Crippen molar-refractivity contribution in [2.45, 2.75) is 37.6 Å². The number of alkyl halides is 1. The van der Waals surface area contributed by atoms with Gasteiger partial charge in [-0.1, -0.05) is 22.9 Å². The highest BCUT2D eigenvalue weighted by atomic mass is 79.9. The van der Waals surface area contributed by atoms with Crippen molar-refractivity contribution in [2.75, 3.05) is 10.6 Å². The Morgan fingerprint density at radius 2 is 1.90 bits per heavy atom. The number of halogens is 1. The molecule has 0 bridgehead atoms. The SMILES string of the molecule is CCC(CCBr)NS(=O)(=O)c1ccc(NC(C)=O)cc1. The molecule has 0 radical (unpaired) electrons. The summed E-state index contributed by atoms with van der Waals surface area (Å²) in [6.45, 7) is 3.34. The van der Waals surface area contributed by atoms with Gasteiger partial charge < -0.3 is 5.32 Å². The van der Waals surface area contributed by atoms with Gasteiger partial charge in [0.05, 0.1) is 4.90 Å². The number of sulfonamides is 1. The number of nitrogens with one attached hydrogen (secondary N) is 2. The predicted molar refractivity (Wildman–Crippen MR) is 83.6 cm³/mol. The second kappa shape index (κ2) is 7.75. The quantitative estimate of drug-likeness (QED) is 0.731. The Hall–Kier alpha value is -0.920. The van der Waals surface area contributed by atoms with Crippen LogP contribution in [0.15, 0.2) is 29.2 Å². The van der Waals surface area contributed by atoms with Crippen LogP contribution in [0, 0.1) is 0 Å². The minimum absolute atomic E-state index is 0.0885. The fraction of sp³-hybridized carbons (Fsp3) is 0.462. The van der Waals surface area contributed by atoms with Crippen LogP contribution in [0.5, 0.6) is 0 Å². The minimum atomic E-state index is -3.52. The first kappa shape index (κ1) is 17.1. The Labute approximate surface area is 128 Å². The number of hydrogen-bond acceptors (Lipinski definition) is 3. The molecule has 0 saturated heterocycles. The molecule has 0 heterocycles. The summed E-state index contributed by atoms with van der Waals surface area (Å²) < 4.78 is 27.1. The topological polar surface area (TPSA) is 75.3 Å². The van der Waals surface area contributed by atoms with Crippen LogP contribution >= 0.6 is 15.9 Å². The van der Waals surface area contributed by atoms with E-state index in [2.05, 4.69) is 26.0 Å². The van der Waals surface area contributed by atoms with Gasteiger partial charge in [-0.15, -0.1) is 0 Å². The number of hydrogen-bond donors (Lipinski definition) is 2. The molecule has 1 unspecified atom stereocenters. The zero-order valence-electron chi connectivity index (χ0n) is 11.5. The fourth-order valence-corrected chi connectivity index (χ4v) is 3.59. The molecule has 5 nitrogen and oxygen atoms in total. The number of amides is 1. The molecule has 20 heavy (non-hydrogen) atoms.